The van der Waals surface area contributed by atoms with Crippen molar-refractivity contribution < 1.29 is 14.4 Å². The standard InChI is InChI=1S/C21H18BrN3O3/c1-3-27-21(26)19-14(2)24-20(17-6-4-5-16(11-17)12-23)25(19)28-13-15-7-9-18(22)10-8-15/h4-11H,3,13H2,1-2H3. The first-order valence-corrected chi connectivity index (χ1v) is 9.47. The van der Waals surface area contributed by atoms with Crippen molar-refractivity contribution in [3.63, 3.8) is 0 Å². The molecule has 0 bridgehead atoms. The van der Waals surface area contributed by atoms with Gasteiger partial charge in [0.1, 0.15) is 6.61 Å². The first-order chi connectivity index (χ1) is 13.5. The average molecular weight is 440 g/mol. The highest BCUT2D eigenvalue weighted by Crippen LogP contribution is 2.24. The van der Waals surface area contributed by atoms with Crippen LogP contribution < -0.4 is 4.84 Å². The molecule has 1 heterocycles. The maximum Gasteiger partial charge on any atom is 0.360 e. The van der Waals surface area contributed by atoms with Gasteiger partial charge in [-0.2, -0.15) is 9.99 Å². The van der Waals surface area contributed by atoms with Crippen molar-refractivity contribution in [2.45, 2.75) is 20.5 Å². The molecule has 28 heavy (non-hydrogen) atoms. The molecule has 3 aromatic rings. The van der Waals surface area contributed by atoms with E-state index in [1.54, 1.807) is 32.0 Å². The van der Waals surface area contributed by atoms with Crippen molar-refractivity contribution in [2.24, 2.45) is 0 Å². The minimum atomic E-state index is -0.508. The monoisotopic (exact) mass is 439 g/mol. The van der Waals surface area contributed by atoms with Gasteiger partial charge in [-0.1, -0.05) is 40.2 Å². The maximum absolute atomic E-state index is 12.5. The van der Waals surface area contributed by atoms with Gasteiger partial charge in [-0.25, -0.2) is 9.78 Å². The number of nitrogens with zero attached hydrogens (tertiary/aromatic N) is 3. The quantitative estimate of drug-likeness (QED) is 0.535. The number of carbonyl (C=O) groups is 1. The summed E-state index contributed by atoms with van der Waals surface area (Å²) < 4.78 is 7.54. The van der Waals surface area contributed by atoms with Gasteiger partial charge < -0.3 is 9.57 Å². The summed E-state index contributed by atoms with van der Waals surface area (Å²) in [5.74, 6) is -0.0687. The van der Waals surface area contributed by atoms with Crippen LogP contribution in [-0.2, 0) is 11.3 Å². The minimum Gasteiger partial charge on any atom is -0.461 e. The molecule has 0 amide bonds. The second-order valence-corrected chi connectivity index (χ2v) is 6.89. The molecule has 0 aliphatic rings. The summed E-state index contributed by atoms with van der Waals surface area (Å²) in [7, 11) is 0. The fraction of sp³-hybridized carbons (Fsp3) is 0.190. The largest absolute Gasteiger partial charge is 0.461 e. The van der Waals surface area contributed by atoms with E-state index in [0.29, 0.717) is 22.6 Å². The Morgan fingerprint density at radius 2 is 2.00 bits per heavy atom. The summed E-state index contributed by atoms with van der Waals surface area (Å²) in [4.78, 5) is 23.0. The molecule has 0 spiro atoms. The van der Waals surface area contributed by atoms with E-state index in [9.17, 15) is 10.1 Å². The number of hydrogen-bond acceptors (Lipinski definition) is 5. The Kier molecular flexibility index (Phi) is 6.12. The molecule has 0 aliphatic carbocycles. The van der Waals surface area contributed by atoms with Crippen LogP contribution >= 0.6 is 15.9 Å². The Bertz CT molecular complexity index is 1040. The smallest absolute Gasteiger partial charge is 0.360 e. The molecule has 0 unspecified atom stereocenters. The van der Waals surface area contributed by atoms with Crippen molar-refractivity contribution in [1.29, 1.82) is 5.26 Å². The van der Waals surface area contributed by atoms with Crippen molar-refractivity contribution >= 4 is 21.9 Å². The van der Waals surface area contributed by atoms with Gasteiger partial charge in [0.2, 0.25) is 0 Å². The summed E-state index contributed by atoms with van der Waals surface area (Å²) in [6, 6.07) is 16.8. The van der Waals surface area contributed by atoms with Crippen LogP contribution in [0.2, 0.25) is 0 Å². The molecule has 7 heteroatoms. The number of imidazole rings is 1. The molecule has 2 aromatic carbocycles. The van der Waals surface area contributed by atoms with Crippen molar-refractivity contribution in [3.05, 3.63) is 75.5 Å². The molecule has 6 nitrogen and oxygen atoms in total. The number of rotatable bonds is 6. The minimum absolute atomic E-state index is 0.233. The Morgan fingerprint density at radius 3 is 2.68 bits per heavy atom. The van der Waals surface area contributed by atoms with Gasteiger partial charge in [0, 0.05) is 10.0 Å². The number of ether oxygens (including phenoxy) is 1. The van der Waals surface area contributed by atoms with Gasteiger partial charge in [0.05, 0.1) is 23.9 Å². The Hall–Kier alpha value is -3.11. The van der Waals surface area contributed by atoms with Gasteiger partial charge in [-0.15, -0.1) is 0 Å². The van der Waals surface area contributed by atoms with Crippen molar-refractivity contribution in [1.82, 2.24) is 9.71 Å². The predicted molar refractivity (Wildman–Crippen MR) is 107 cm³/mol. The fourth-order valence-electron chi connectivity index (χ4n) is 2.70. The third-order valence-electron chi connectivity index (χ3n) is 4.00. The number of aromatic nitrogens is 2. The number of benzene rings is 2. The van der Waals surface area contributed by atoms with Crippen molar-refractivity contribution in [3.8, 4) is 17.5 Å². The van der Waals surface area contributed by atoms with Crippen molar-refractivity contribution in [2.75, 3.05) is 6.61 Å². The van der Waals surface area contributed by atoms with Crippen LogP contribution in [-0.4, -0.2) is 22.3 Å². The summed E-state index contributed by atoms with van der Waals surface area (Å²) >= 11 is 3.40. The number of halogens is 1. The molecule has 142 valence electrons. The van der Waals surface area contributed by atoms with E-state index < -0.39 is 5.97 Å². The lowest BCUT2D eigenvalue weighted by Gasteiger charge is -2.13. The highest BCUT2D eigenvalue weighted by atomic mass is 79.9. The number of carbonyl (C=O) groups excluding carboxylic acids is 1. The Labute approximate surface area is 171 Å². The summed E-state index contributed by atoms with van der Waals surface area (Å²) in [6.07, 6.45) is 0. The Balaban J connectivity index is 2.03. The van der Waals surface area contributed by atoms with Crippen LogP contribution in [0.1, 0.15) is 34.2 Å². The second kappa shape index (κ2) is 8.72. The molecule has 0 atom stereocenters. The maximum atomic E-state index is 12.5. The average Bonchev–Trinajstić information content (AvgIpc) is 3.04. The number of esters is 1. The molecule has 0 aliphatic heterocycles. The van der Waals surface area contributed by atoms with E-state index in [4.69, 9.17) is 9.57 Å². The summed E-state index contributed by atoms with van der Waals surface area (Å²) in [6.45, 7) is 3.95. The lowest BCUT2D eigenvalue weighted by molar-refractivity contribution is 0.0426. The van der Waals surface area contributed by atoms with E-state index in [1.807, 2.05) is 30.3 Å². The SMILES string of the molecule is CCOC(=O)c1c(C)nc(-c2cccc(C#N)c2)n1OCc1ccc(Br)cc1. The van der Waals surface area contributed by atoms with Gasteiger partial charge in [0.25, 0.3) is 0 Å². The lowest BCUT2D eigenvalue weighted by Crippen LogP contribution is -2.20. The van der Waals surface area contributed by atoms with Gasteiger partial charge >= 0.3 is 5.97 Å². The molecule has 3 rings (SSSR count). The van der Waals surface area contributed by atoms with E-state index >= 15 is 0 Å². The zero-order chi connectivity index (χ0) is 20.1. The van der Waals surface area contributed by atoms with E-state index in [-0.39, 0.29) is 18.9 Å². The summed E-state index contributed by atoms with van der Waals surface area (Å²) in [5, 5.41) is 9.18. The molecule has 0 fully saturated rings. The zero-order valence-electron chi connectivity index (χ0n) is 15.5. The van der Waals surface area contributed by atoms with E-state index in [0.717, 1.165) is 10.0 Å². The highest BCUT2D eigenvalue weighted by molar-refractivity contribution is 9.10. The molecule has 1 aromatic heterocycles. The van der Waals surface area contributed by atoms with E-state index in [1.165, 1.54) is 4.73 Å². The topological polar surface area (TPSA) is 77.1 Å². The molecule has 0 saturated heterocycles. The second-order valence-electron chi connectivity index (χ2n) is 5.98. The van der Waals surface area contributed by atoms with Crippen LogP contribution in [0.4, 0.5) is 0 Å². The van der Waals surface area contributed by atoms with Crippen LogP contribution in [0.5, 0.6) is 0 Å². The lowest BCUT2D eigenvalue weighted by atomic mass is 10.1. The number of aryl methyl sites for hydroxylation is 1. The molecule has 0 saturated carbocycles. The molecule has 0 N–H and O–H groups in total. The first kappa shape index (κ1) is 19.6. The molecule has 0 radical (unpaired) electrons. The predicted octanol–water partition coefficient (Wildman–Crippen LogP) is 4.30. The van der Waals surface area contributed by atoms with Gasteiger partial charge in [0.15, 0.2) is 11.5 Å². The number of nitriles is 1. The molecular formula is C21H18BrN3O3. The third kappa shape index (κ3) is 4.24. The number of hydrogen-bond donors (Lipinski definition) is 0. The fourth-order valence-corrected chi connectivity index (χ4v) is 2.96. The third-order valence-corrected chi connectivity index (χ3v) is 4.53. The van der Waals surface area contributed by atoms with Gasteiger partial charge in [-0.05, 0) is 43.7 Å². The molecular weight excluding hydrogens is 422 g/mol. The van der Waals surface area contributed by atoms with Crippen LogP contribution in [0, 0.1) is 18.3 Å². The van der Waals surface area contributed by atoms with Crippen LogP contribution in [0.15, 0.2) is 53.0 Å². The summed E-state index contributed by atoms with van der Waals surface area (Å²) in [5.41, 5.74) is 2.83. The van der Waals surface area contributed by atoms with Gasteiger partial charge in [-0.3, -0.25) is 0 Å². The van der Waals surface area contributed by atoms with E-state index in [2.05, 4.69) is 27.0 Å². The Morgan fingerprint density at radius 1 is 1.25 bits per heavy atom. The van der Waals surface area contributed by atoms with Crippen LogP contribution in [0.3, 0.4) is 0 Å². The normalized spacial score (nSPS) is 10.4. The highest BCUT2D eigenvalue weighted by Gasteiger charge is 2.24. The van der Waals surface area contributed by atoms with Crippen LogP contribution in [0.25, 0.3) is 11.4 Å². The first-order valence-electron chi connectivity index (χ1n) is 8.68. The zero-order valence-corrected chi connectivity index (χ0v) is 17.1.